The second kappa shape index (κ2) is 7.88. The highest BCUT2D eigenvalue weighted by atomic mass is 16.5. The number of Topliss-reactive ketones (excluding diaryl/α,β-unsaturated/α-hetero) is 1. The summed E-state index contributed by atoms with van der Waals surface area (Å²) in [7, 11) is 1.59. The topological polar surface area (TPSA) is 35.5 Å². The molecule has 0 aliphatic rings. The molecule has 1 atom stereocenters. The highest BCUT2D eigenvalue weighted by Crippen LogP contribution is 2.13. The quantitative estimate of drug-likeness (QED) is 0.664. The molecule has 3 heteroatoms. The lowest BCUT2D eigenvalue weighted by atomic mass is 10.1. The number of rotatable bonds is 8. The van der Waals surface area contributed by atoms with E-state index in [-0.39, 0.29) is 12.4 Å². The molecule has 3 nitrogen and oxygen atoms in total. The van der Waals surface area contributed by atoms with E-state index in [9.17, 15) is 4.79 Å². The number of carbonyl (C=O) groups is 1. The van der Waals surface area contributed by atoms with Gasteiger partial charge >= 0.3 is 0 Å². The number of carbonyl (C=O) groups excluding carboxylic acids is 1. The summed E-state index contributed by atoms with van der Waals surface area (Å²) in [5, 5.41) is 0. The molecule has 0 saturated carbocycles. The zero-order valence-electron chi connectivity index (χ0n) is 11.4. The van der Waals surface area contributed by atoms with E-state index in [4.69, 9.17) is 9.47 Å². The SMILES string of the molecule is CCCC(C)COCC(=O)c1cccc(OC)c1. The molecule has 1 rings (SSSR count). The van der Waals surface area contributed by atoms with Gasteiger partial charge in [0.05, 0.1) is 7.11 Å². The summed E-state index contributed by atoms with van der Waals surface area (Å²) in [6.45, 7) is 5.07. The van der Waals surface area contributed by atoms with Gasteiger partial charge in [0, 0.05) is 12.2 Å². The Bertz CT molecular complexity index is 374. The van der Waals surface area contributed by atoms with Crippen LogP contribution in [-0.4, -0.2) is 26.1 Å². The van der Waals surface area contributed by atoms with E-state index in [1.54, 1.807) is 19.2 Å². The number of methoxy groups -OCH3 is 1. The maximum Gasteiger partial charge on any atom is 0.188 e. The van der Waals surface area contributed by atoms with Crippen molar-refractivity contribution in [1.29, 1.82) is 0 Å². The Morgan fingerprint density at radius 1 is 1.39 bits per heavy atom. The summed E-state index contributed by atoms with van der Waals surface area (Å²) in [5.41, 5.74) is 0.637. The Morgan fingerprint density at radius 3 is 2.83 bits per heavy atom. The lowest BCUT2D eigenvalue weighted by Crippen LogP contribution is -2.13. The molecule has 0 aliphatic carbocycles. The van der Waals surface area contributed by atoms with Gasteiger partial charge in [-0.1, -0.05) is 32.4 Å². The Morgan fingerprint density at radius 2 is 2.17 bits per heavy atom. The summed E-state index contributed by atoms with van der Waals surface area (Å²) in [4.78, 5) is 11.9. The third-order valence-electron chi connectivity index (χ3n) is 2.81. The van der Waals surface area contributed by atoms with Crippen LogP contribution >= 0.6 is 0 Å². The Balaban J connectivity index is 2.40. The van der Waals surface area contributed by atoms with Crippen molar-refractivity contribution in [2.45, 2.75) is 26.7 Å². The standard InChI is InChI=1S/C15H22O3/c1-4-6-12(2)10-18-11-15(16)13-7-5-8-14(9-13)17-3/h5,7-9,12H,4,6,10-11H2,1-3H3. The fraction of sp³-hybridized carbons (Fsp3) is 0.533. The molecule has 100 valence electrons. The van der Waals surface area contributed by atoms with Crippen molar-refractivity contribution in [3.8, 4) is 5.75 Å². The summed E-state index contributed by atoms with van der Waals surface area (Å²) in [6.07, 6.45) is 2.28. The van der Waals surface area contributed by atoms with Crippen LogP contribution in [-0.2, 0) is 4.74 Å². The lowest BCUT2D eigenvalue weighted by Gasteiger charge is -2.10. The van der Waals surface area contributed by atoms with Gasteiger partial charge in [-0.15, -0.1) is 0 Å². The van der Waals surface area contributed by atoms with Crippen molar-refractivity contribution < 1.29 is 14.3 Å². The Hall–Kier alpha value is -1.35. The van der Waals surface area contributed by atoms with Crippen LogP contribution in [0.4, 0.5) is 0 Å². The Kier molecular flexibility index (Phi) is 6.44. The van der Waals surface area contributed by atoms with Crippen molar-refractivity contribution >= 4 is 5.78 Å². The molecule has 0 aliphatic heterocycles. The molecular weight excluding hydrogens is 228 g/mol. The zero-order valence-corrected chi connectivity index (χ0v) is 11.4. The molecule has 0 bridgehead atoms. The van der Waals surface area contributed by atoms with Gasteiger partial charge in [-0.05, 0) is 24.5 Å². The number of benzene rings is 1. The molecule has 18 heavy (non-hydrogen) atoms. The van der Waals surface area contributed by atoms with Crippen LogP contribution in [0.25, 0.3) is 0 Å². The van der Waals surface area contributed by atoms with Crippen molar-refractivity contribution in [2.24, 2.45) is 5.92 Å². The molecule has 1 aromatic rings. The van der Waals surface area contributed by atoms with Crippen molar-refractivity contribution in [2.75, 3.05) is 20.3 Å². The van der Waals surface area contributed by atoms with Crippen LogP contribution in [0.15, 0.2) is 24.3 Å². The molecular formula is C15H22O3. The summed E-state index contributed by atoms with van der Waals surface area (Å²) < 4.78 is 10.5. The minimum Gasteiger partial charge on any atom is -0.497 e. The fourth-order valence-corrected chi connectivity index (χ4v) is 1.81. The van der Waals surface area contributed by atoms with Gasteiger partial charge in [0.1, 0.15) is 12.4 Å². The van der Waals surface area contributed by atoms with E-state index >= 15 is 0 Å². The van der Waals surface area contributed by atoms with E-state index in [1.807, 2.05) is 12.1 Å². The minimum atomic E-state index is -0.00222. The molecule has 0 heterocycles. The molecule has 1 unspecified atom stereocenters. The Labute approximate surface area is 109 Å². The van der Waals surface area contributed by atoms with Crippen LogP contribution in [0.2, 0.25) is 0 Å². The van der Waals surface area contributed by atoms with Gasteiger partial charge in [-0.2, -0.15) is 0 Å². The summed E-state index contributed by atoms with van der Waals surface area (Å²) >= 11 is 0. The average molecular weight is 250 g/mol. The van der Waals surface area contributed by atoms with Gasteiger partial charge in [-0.3, -0.25) is 4.79 Å². The van der Waals surface area contributed by atoms with E-state index in [2.05, 4.69) is 13.8 Å². The van der Waals surface area contributed by atoms with Crippen molar-refractivity contribution in [3.05, 3.63) is 29.8 Å². The van der Waals surface area contributed by atoms with Gasteiger partial charge in [0.25, 0.3) is 0 Å². The highest BCUT2D eigenvalue weighted by Gasteiger charge is 2.08. The van der Waals surface area contributed by atoms with Crippen LogP contribution in [0.3, 0.4) is 0 Å². The predicted molar refractivity (Wildman–Crippen MR) is 72.2 cm³/mol. The van der Waals surface area contributed by atoms with Gasteiger partial charge in [-0.25, -0.2) is 0 Å². The van der Waals surface area contributed by atoms with Crippen LogP contribution in [0, 0.1) is 5.92 Å². The predicted octanol–water partition coefficient (Wildman–Crippen LogP) is 3.33. The van der Waals surface area contributed by atoms with E-state index in [0.29, 0.717) is 23.8 Å². The van der Waals surface area contributed by atoms with Crippen LogP contribution in [0.1, 0.15) is 37.0 Å². The van der Waals surface area contributed by atoms with Gasteiger partial charge in [0.15, 0.2) is 5.78 Å². The first-order chi connectivity index (χ1) is 8.67. The molecule has 0 radical (unpaired) electrons. The largest absolute Gasteiger partial charge is 0.497 e. The third-order valence-corrected chi connectivity index (χ3v) is 2.81. The first-order valence-corrected chi connectivity index (χ1v) is 6.42. The van der Waals surface area contributed by atoms with E-state index in [1.165, 1.54) is 0 Å². The highest BCUT2D eigenvalue weighted by molar-refractivity contribution is 5.97. The third kappa shape index (κ3) is 4.88. The fourth-order valence-electron chi connectivity index (χ4n) is 1.81. The number of ketones is 1. The van der Waals surface area contributed by atoms with Crippen molar-refractivity contribution in [1.82, 2.24) is 0 Å². The first kappa shape index (κ1) is 14.7. The first-order valence-electron chi connectivity index (χ1n) is 6.42. The molecule has 0 spiro atoms. The smallest absolute Gasteiger partial charge is 0.188 e. The average Bonchev–Trinajstić information content (AvgIpc) is 2.39. The maximum absolute atomic E-state index is 11.9. The molecule has 0 fully saturated rings. The molecule has 0 saturated heterocycles. The van der Waals surface area contributed by atoms with E-state index < -0.39 is 0 Å². The minimum absolute atomic E-state index is 0.00222. The zero-order chi connectivity index (χ0) is 13.4. The normalized spacial score (nSPS) is 12.2. The van der Waals surface area contributed by atoms with Gasteiger partial charge < -0.3 is 9.47 Å². The summed E-state index contributed by atoms with van der Waals surface area (Å²) in [6, 6.07) is 7.15. The van der Waals surface area contributed by atoms with Crippen LogP contribution < -0.4 is 4.74 Å². The number of hydrogen-bond donors (Lipinski definition) is 0. The molecule has 0 amide bonds. The second-order valence-corrected chi connectivity index (χ2v) is 4.56. The number of hydrogen-bond acceptors (Lipinski definition) is 3. The monoisotopic (exact) mass is 250 g/mol. The van der Waals surface area contributed by atoms with Crippen LogP contribution in [0.5, 0.6) is 5.75 Å². The van der Waals surface area contributed by atoms with E-state index in [0.717, 1.165) is 12.8 Å². The molecule has 1 aromatic carbocycles. The maximum atomic E-state index is 11.9. The van der Waals surface area contributed by atoms with Gasteiger partial charge in [0.2, 0.25) is 0 Å². The second-order valence-electron chi connectivity index (χ2n) is 4.56. The summed E-state index contributed by atoms with van der Waals surface area (Å²) in [5.74, 6) is 1.20. The van der Waals surface area contributed by atoms with Crippen molar-refractivity contribution in [3.63, 3.8) is 0 Å². The molecule has 0 aromatic heterocycles. The number of ether oxygens (including phenoxy) is 2. The lowest BCUT2D eigenvalue weighted by molar-refractivity contribution is 0.0683. The molecule has 0 N–H and O–H groups in total.